The molecule has 0 spiro atoms. The van der Waals surface area contributed by atoms with Crippen LogP contribution in [0.3, 0.4) is 0 Å². The molecule has 148 valence electrons. The van der Waals surface area contributed by atoms with Gasteiger partial charge in [0, 0.05) is 0 Å². The molecule has 0 radical (unpaired) electrons. The van der Waals surface area contributed by atoms with Crippen molar-refractivity contribution in [3.63, 3.8) is 0 Å². The fourth-order valence-electron chi connectivity index (χ4n) is 2.70. The molecule has 1 amide bonds. The standard InChI is InChI=1S/C22H25NO5/c1-21(2,3)27-20(25)23-28-22(14-15-22)19(24)26-18(16-10-6-4-7-11-16)17-12-8-5-9-13-17/h4-13,18H,14-15H2,1-3H3,(H,23,25). The zero-order valence-electron chi connectivity index (χ0n) is 16.3. The monoisotopic (exact) mass is 383 g/mol. The number of hydrogen-bond donors (Lipinski definition) is 1. The zero-order valence-corrected chi connectivity index (χ0v) is 16.3. The molecule has 2 aromatic rings. The highest BCUT2D eigenvalue weighted by molar-refractivity contribution is 5.83. The summed E-state index contributed by atoms with van der Waals surface area (Å²) in [6.07, 6.45) is -0.359. The van der Waals surface area contributed by atoms with E-state index in [0.29, 0.717) is 12.8 Å². The van der Waals surface area contributed by atoms with Crippen molar-refractivity contribution in [1.82, 2.24) is 5.48 Å². The first kappa shape index (κ1) is 19.9. The van der Waals surface area contributed by atoms with Gasteiger partial charge in [0.25, 0.3) is 0 Å². The Labute approximate surface area is 164 Å². The molecule has 0 saturated heterocycles. The molecule has 1 aliphatic rings. The van der Waals surface area contributed by atoms with Crippen molar-refractivity contribution < 1.29 is 23.9 Å². The Morgan fingerprint density at radius 1 is 0.929 bits per heavy atom. The molecular weight excluding hydrogens is 358 g/mol. The van der Waals surface area contributed by atoms with E-state index in [0.717, 1.165) is 11.1 Å². The van der Waals surface area contributed by atoms with Crippen molar-refractivity contribution in [3.05, 3.63) is 71.8 Å². The van der Waals surface area contributed by atoms with Crippen LogP contribution in [0.25, 0.3) is 0 Å². The van der Waals surface area contributed by atoms with E-state index in [9.17, 15) is 9.59 Å². The van der Waals surface area contributed by atoms with E-state index in [2.05, 4.69) is 5.48 Å². The summed E-state index contributed by atoms with van der Waals surface area (Å²) in [6, 6.07) is 19.0. The second-order valence-electron chi connectivity index (χ2n) is 7.81. The molecule has 28 heavy (non-hydrogen) atoms. The Bertz CT molecular complexity index is 770. The summed E-state index contributed by atoms with van der Waals surface area (Å²) in [5.74, 6) is -0.513. The number of carbonyl (C=O) groups is 2. The lowest BCUT2D eigenvalue weighted by Gasteiger charge is -2.23. The largest absolute Gasteiger partial charge is 0.450 e. The Morgan fingerprint density at radius 2 is 1.43 bits per heavy atom. The normalized spacial score (nSPS) is 15.0. The van der Waals surface area contributed by atoms with Crippen LogP contribution in [-0.2, 0) is 19.1 Å². The average molecular weight is 383 g/mol. The van der Waals surface area contributed by atoms with Crippen molar-refractivity contribution in [1.29, 1.82) is 0 Å². The average Bonchev–Trinajstić information content (AvgIpc) is 3.46. The zero-order chi connectivity index (χ0) is 20.2. The lowest BCUT2D eigenvalue weighted by Crippen LogP contribution is -2.40. The van der Waals surface area contributed by atoms with Crippen molar-refractivity contribution >= 4 is 12.1 Å². The van der Waals surface area contributed by atoms with Gasteiger partial charge >= 0.3 is 12.1 Å². The van der Waals surface area contributed by atoms with Gasteiger partial charge in [-0.25, -0.2) is 9.59 Å². The molecule has 0 aliphatic heterocycles. The van der Waals surface area contributed by atoms with Gasteiger partial charge in [-0.2, -0.15) is 5.48 Å². The third-order valence-corrected chi connectivity index (χ3v) is 4.23. The molecule has 0 unspecified atom stereocenters. The number of ether oxygens (including phenoxy) is 2. The first-order valence-electron chi connectivity index (χ1n) is 9.27. The highest BCUT2D eigenvalue weighted by atomic mass is 16.7. The minimum Gasteiger partial charge on any atom is -0.450 e. The first-order valence-corrected chi connectivity index (χ1v) is 9.27. The molecule has 6 nitrogen and oxygen atoms in total. The fourth-order valence-corrected chi connectivity index (χ4v) is 2.70. The van der Waals surface area contributed by atoms with Gasteiger partial charge in [0.1, 0.15) is 5.60 Å². The predicted molar refractivity (Wildman–Crippen MR) is 103 cm³/mol. The van der Waals surface area contributed by atoms with E-state index in [4.69, 9.17) is 14.3 Å². The van der Waals surface area contributed by atoms with Crippen LogP contribution in [0.4, 0.5) is 4.79 Å². The smallest absolute Gasteiger partial charge is 0.431 e. The summed E-state index contributed by atoms with van der Waals surface area (Å²) in [5.41, 5.74) is 2.11. The second kappa shape index (κ2) is 8.02. The quantitative estimate of drug-likeness (QED) is 0.594. The van der Waals surface area contributed by atoms with Gasteiger partial charge in [-0.05, 0) is 44.7 Å². The second-order valence-corrected chi connectivity index (χ2v) is 7.81. The predicted octanol–water partition coefficient (Wildman–Crippen LogP) is 4.31. The first-order chi connectivity index (χ1) is 13.3. The number of rotatable bonds is 6. The molecule has 0 heterocycles. The highest BCUT2D eigenvalue weighted by Crippen LogP contribution is 2.42. The van der Waals surface area contributed by atoms with Crippen LogP contribution in [0.2, 0.25) is 0 Å². The van der Waals surface area contributed by atoms with E-state index in [1.165, 1.54) is 0 Å². The Morgan fingerprint density at radius 3 is 1.86 bits per heavy atom. The summed E-state index contributed by atoms with van der Waals surface area (Å²) in [4.78, 5) is 30.0. The maximum Gasteiger partial charge on any atom is 0.431 e. The summed E-state index contributed by atoms with van der Waals surface area (Å²) in [6.45, 7) is 5.24. The SMILES string of the molecule is CC(C)(C)OC(=O)NOC1(C(=O)OC(c2ccccc2)c2ccccc2)CC1. The van der Waals surface area contributed by atoms with E-state index in [1.54, 1.807) is 20.8 Å². The number of hydroxylamine groups is 1. The highest BCUT2D eigenvalue weighted by Gasteiger charge is 2.55. The van der Waals surface area contributed by atoms with Crippen LogP contribution in [0.1, 0.15) is 50.8 Å². The van der Waals surface area contributed by atoms with Crippen LogP contribution < -0.4 is 5.48 Å². The Hall–Kier alpha value is -2.86. The van der Waals surface area contributed by atoms with Crippen molar-refractivity contribution in [2.45, 2.75) is 50.9 Å². The summed E-state index contributed by atoms with van der Waals surface area (Å²) in [7, 11) is 0. The summed E-state index contributed by atoms with van der Waals surface area (Å²) >= 11 is 0. The Kier molecular flexibility index (Phi) is 5.70. The number of benzene rings is 2. The lowest BCUT2D eigenvalue weighted by atomic mass is 10.0. The van der Waals surface area contributed by atoms with Crippen molar-refractivity contribution in [2.24, 2.45) is 0 Å². The van der Waals surface area contributed by atoms with E-state index >= 15 is 0 Å². The summed E-state index contributed by atoms with van der Waals surface area (Å²) < 4.78 is 11.0. The van der Waals surface area contributed by atoms with E-state index in [-0.39, 0.29) is 0 Å². The number of nitrogens with one attached hydrogen (secondary N) is 1. The molecule has 2 aromatic carbocycles. The number of esters is 1. The van der Waals surface area contributed by atoms with Crippen molar-refractivity contribution in [2.75, 3.05) is 0 Å². The van der Waals surface area contributed by atoms with Crippen LogP contribution in [0, 0.1) is 0 Å². The van der Waals surface area contributed by atoms with Crippen LogP contribution in [0.5, 0.6) is 0 Å². The van der Waals surface area contributed by atoms with E-state index < -0.39 is 29.4 Å². The molecule has 1 saturated carbocycles. The minimum atomic E-state index is -1.17. The van der Waals surface area contributed by atoms with Gasteiger partial charge in [-0.1, -0.05) is 60.7 Å². The number of hydrogen-bond acceptors (Lipinski definition) is 5. The van der Waals surface area contributed by atoms with Gasteiger partial charge in [0.2, 0.25) is 0 Å². The molecule has 1 aliphatic carbocycles. The molecule has 1 N–H and O–H groups in total. The maximum atomic E-state index is 12.8. The van der Waals surface area contributed by atoms with Gasteiger partial charge in [0.15, 0.2) is 11.7 Å². The van der Waals surface area contributed by atoms with Crippen LogP contribution in [0.15, 0.2) is 60.7 Å². The number of amides is 1. The fraction of sp³-hybridized carbons (Fsp3) is 0.364. The molecule has 0 aromatic heterocycles. The molecular formula is C22H25NO5. The number of carbonyl (C=O) groups excluding carboxylic acids is 2. The molecule has 6 heteroatoms. The summed E-state index contributed by atoms with van der Waals surface area (Å²) in [5, 5.41) is 0. The Balaban J connectivity index is 1.69. The van der Waals surface area contributed by atoms with Gasteiger partial charge in [-0.15, -0.1) is 0 Å². The minimum absolute atomic E-state index is 0.470. The van der Waals surface area contributed by atoms with Gasteiger partial charge < -0.3 is 9.47 Å². The van der Waals surface area contributed by atoms with Crippen molar-refractivity contribution in [3.8, 4) is 0 Å². The third kappa shape index (κ3) is 5.10. The maximum absolute atomic E-state index is 12.8. The molecule has 0 atom stereocenters. The third-order valence-electron chi connectivity index (χ3n) is 4.23. The molecule has 0 bridgehead atoms. The topological polar surface area (TPSA) is 73.9 Å². The van der Waals surface area contributed by atoms with Gasteiger partial charge in [0.05, 0.1) is 0 Å². The van der Waals surface area contributed by atoms with E-state index in [1.807, 2.05) is 60.7 Å². The van der Waals surface area contributed by atoms with Gasteiger partial charge in [-0.3, -0.25) is 4.84 Å². The van der Waals surface area contributed by atoms with Crippen LogP contribution in [-0.4, -0.2) is 23.3 Å². The molecule has 1 fully saturated rings. The van der Waals surface area contributed by atoms with Crippen LogP contribution >= 0.6 is 0 Å². The lowest BCUT2D eigenvalue weighted by molar-refractivity contribution is -0.170. The molecule has 3 rings (SSSR count).